The van der Waals surface area contributed by atoms with Gasteiger partial charge in [-0.15, -0.1) is 12.4 Å². The molecule has 1 fully saturated rings. The van der Waals surface area contributed by atoms with Crippen LogP contribution in [0.4, 0.5) is 5.69 Å². The molecule has 0 aromatic heterocycles. The molecule has 22 heavy (non-hydrogen) atoms. The van der Waals surface area contributed by atoms with E-state index in [-0.39, 0.29) is 24.1 Å². The zero-order chi connectivity index (χ0) is 15.4. The van der Waals surface area contributed by atoms with E-state index < -0.39 is 0 Å². The van der Waals surface area contributed by atoms with Crippen LogP contribution in [0.3, 0.4) is 0 Å². The number of likely N-dealkylation sites (tertiary alicyclic amines) is 1. The average molecular weight is 326 g/mol. The van der Waals surface area contributed by atoms with E-state index in [1.54, 1.807) is 24.3 Å². The number of nitrogens with two attached hydrogens (primary N) is 1. The lowest BCUT2D eigenvalue weighted by atomic mass is 10.1. The normalized spacial score (nSPS) is 21.2. The number of hydrogen-bond acceptors (Lipinski definition) is 4. The molecule has 3 N–H and O–H groups in total. The van der Waals surface area contributed by atoms with Gasteiger partial charge in [0.2, 0.25) is 5.91 Å². The third-order valence-corrected chi connectivity index (χ3v) is 4.02. The molecule has 1 aliphatic heterocycles. The van der Waals surface area contributed by atoms with Gasteiger partial charge in [-0.1, -0.05) is 12.1 Å². The number of nitrogens with zero attached hydrogens (tertiary/aromatic N) is 1. The second kappa shape index (κ2) is 8.27. The van der Waals surface area contributed by atoms with E-state index in [9.17, 15) is 9.59 Å². The maximum absolute atomic E-state index is 12.1. The van der Waals surface area contributed by atoms with Crippen molar-refractivity contribution in [1.29, 1.82) is 0 Å². The SMILES string of the molecule is CC(=O)c1cccc(NC(=O)CN2CC(CN)CC2C)c1.Cl. The van der Waals surface area contributed by atoms with Gasteiger partial charge in [-0.25, -0.2) is 0 Å². The van der Waals surface area contributed by atoms with Crippen LogP contribution in [0.1, 0.15) is 30.6 Å². The van der Waals surface area contributed by atoms with Crippen LogP contribution in [0.2, 0.25) is 0 Å². The monoisotopic (exact) mass is 325 g/mol. The van der Waals surface area contributed by atoms with E-state index in [0.29, 0.717) is 36.3 Å². The van der Waals surface area contributed by atoms with Crippen LogP contribution >= 0.6 is 12.4 Å². The third-order valence-electron chi connectivity index (χ3n) is 4.02. The van der Waals surface area contributed by atoms with Gasteiger partial charge in [-0.05, 0) is 44.9 Å². The van der Waals surface area contributed by atoms with Gasteiger partial charge in [0.05, 0.1) is 6.54 Å². The fraction of sp³-hybridized carbons (Fsp3) is 0.500. The first kappa shape index (κ1) is 18.6. The van der Waals surface area contributed by atoms with E-state index in [2.05, 4.69) is 17.1 Å². The van der Waals surface area contributed by atoms with Gasteiger partial charge in [-0.3, -0.25) is 14.5 Å². The van der Waals surface area contributed by atoms with Crippen molar-refractivity contribution in [3.05, 3.63) is 29.8 Å². The smallest absolute Gasteiger partial charge is 0.238 e. The van der Waals surface area contributed by atoms with Crippen molar-refractivity contribution in [3.63, 3.8) is 0 Å². The Kier molecular flexibility index (Phi) is 7.00. The number of benzene rings is 1. The van der Waals surface area contributed by atoms with E-state index in [1.165, 1.54) is 6.92 Å². The molecule has 2 atom stereocenters. The Hall–Kier alpha value is -1.43. The Bertz CT molecular complexity index is 536. The van der Waals surface area contributed by atoms with Crippen LogP contribution in [0.25, 0.3) is 0 Å². The minimum Gasteiger partial charge on any atom is -0.330 e. The number of ketones is 1. The van der Waals surface area contributed by atoms with Gasteiger partial charge in [0.1, 0.15) is 0 Å². The summed E-state index contributed by atoms with van der Waals surface area (Å²) in [6, 6.07) is 7.39. The Balaban J connectivity index is 0.00000242. The van der Waals surface area contributed by atoms with Crippen LogP contribution in [0.15, 0.2) is 24.3 Å². The highest BCUT2D eigenvalue weighted by Gasteiger charge is 2.29. The molecule has 0 radical (unpaired) electrons. The third kappa shape index (κ3) is 4.80. The molecular formula is C16H24ClN3O2. The molecule has 1 aliphatic rings. The minimum atomic E-state index is -0.0553. The fourth-order valence-corrected chi connectivity index (χ4v) is 2.81. The average Bonchev–Trinajstić information content (AvgIpc) is 2.79. The summed E-state index contributed by atoms with van der Waals surface area (Å²) >= 11 is 0. The highest BCUT2D eigenvalue weighted by molar-refractivity contribution is 5.97. The maximum Gasteiger partial charge on any atom is 0.238 e. The molecule has 0 bridgehead atoms. The van der Waals surface area contributed by atoms with Crippen molar-refractivity contribution < 1.29 is 9.59 Å². The largest absolute Gasteiger partial charge is 0.330 e. The van der Waals surface area contributed by atoms with Crippen molar-refractivity contribution in [1.82, 2.24) is 4.90 Å². The van der Waals surface area contributed by atoms with Crippen LogP contribution in [0.5, 0.6) is 0 Å². The number of amides is 1. The maximum atomic E-state index is 12.1. The van der Waals surface area contributed by atoms with E-state index in [1.807, 2.05) is 0 Å². The molecule has 1 heterocycles. The molecule has 1 amide bonds. The molecule has 1 aromatic carbocycles. The van der Waals surface area contributed by atoms with E-state index in [0.717, 1.165) is 13.0 Å². The Morgan fingerprint density at radius 2 is 2.14 bits per heavy atom. The zero-order valence-electron chi connectivity index (χ0n) is 13.0. The molecule has 0 spiro atoms. The van der Waals surface area contributed by atoms with Crippen molar-refractivity contribution in [2.45, 2.75) is 26.3 Å². The first-order valence-electron chi connectivity index (χ1n) is 7.34. The molecule has 1 aromatic rings. The summed E-state index contributed by atoms with van der Waals surface area (Å²) in [5.41, 5.74) is 6.96. The highest BCUT2D eigenvalue weighted by atomic mass is 35.5. The summed E-state index contributed by atoms with van der Waals surface area (Å²) < 4.78 is 0. The lowest BCUT2D eigenvalue weighted by Crippen LogP contribution is -2.36. The number of nitrogens with one attached hydrogen (secondary N) is 1. The van der Waals surface area contributed by atoms with Crippen LogP contribution in [0, 0.1) is 5.92 Å². The quantitative estimate of drug-likeness (QED) is 0.811. The summed E-state index contributed by atoms with van der Waals surface area (Å²) in [5.74, 6) is 0.416. The molecule has 2 rings (SSSR count). The zero-order valence-corrected chi connectivity index (χ0v) is 13.9. The number of anilines is 1. The molecule has 1 saturated heterocycles. The second-order valence-corrected chi connectivity index (χ2v) is 5.80. The van der Waals surface area contributed by atoms with Crippen molar-refractivity contribution >= 4 is 29.8 Å². The van der Waals surface area contributed by atoms with Gasteiger partial charge in [-0.2, -0.15) is 0 Å². The number of hydrogen-bond donors (Lipinski definition) is 2. The van der Waals surface area contributed by atoms with Gasteiger partial charge in [0, 0.05) is 23.8 Å². The minimum absolute atomic E-state index is 0. The van der Waals surface area contributed by atoms with Crippen molar-refractivity contribution in [2.24, 2.45) is 11.7 Å². The number of rotatable bonds is 5. The Labute approximate surface area is 137 Å². The number of Topliss-reactive ketones (excluding diaryl/α,β-unsaturated/α-hetero) is 1. The number of halogens is 1. The summed E-state index contributed by atoms with van der Waals surface area (Å²) in [7, 11) is 0. The second-order valence-electron chi connectivity index (χ2n) is 5.80. The van der Waals surface area contributed by atoms with Gasteiger partial charge in [0.25, 0.3) is 0 Å². The number of carbonyl (C=O) groups excluding carboxylic acids is 2. The van der Waals surface area contributed by atoms with E-state index >= 15 is 0 Å². The van der Waals surface area contributed by atoms with Crippen LogP contribution in [-0.2, 0) is 4.79 Å². The molecule has 6 heteroatoms. The molecule has 5 nitrogen and oxygen atoms in total. The summed E-state index contributed by atoms with van der Waals surface area (Å²) in [5, 5.41) is 2.85. The standard InChI is InChI=1S/C16H23N3O2.ClH/c1-11-6-13(8-17)9-19(11)10-16(21)18-15-5-3-4-14(7-15)12(2)20;/h3-5,7,11,13H,6,8-10,17H2,1-2H3,(H,18,21);1H. The molecule has 2 unspecified atom stereocenters. The number of carbonyl (C=O) groups is 2. The summed E-state index contributed by atoms with van der Waals surface area (Å²) in [6.45, 7) is 5.54. The van der Waals surface area contributed by atoms with Crippen LogP contribution in [-0.4, -0.2) is 42.3 Å². The first-order chi connectivity index (χ1) is 9.99. The van der Waals surface area contributed by atoms with Crippen LogP contribution < -0.4 is 11.1 Å². The van der Waals surface area contributed by atoms with Gasteiger partial charge < -0.3 is 11.1 Å². The van der Waals surface area contributed by atoms with Gasteiger partial charge in [0.15, 0.2) is 5.78 Å². The predicted octanol–water partition coefficient (Wildman–Crippen LogP) is 1.92. The molecular weight excluding hydrogens is 302 g/mol. The fourth-order valence-electron chi connectivity index (χ4n) is 2.81. The van der Waals surface area contributed by atoms with E-state index in [4.69, 9.17) is 5.73 Å². The first-order valence-corrected chi connectivity index (χ1v) is 7.34. The molecule has 0 aliphatic carbocycles. The van der Waals surface area contributed by atoms with Gasteiger partial charge >= 0.3 is 0 Å². The Morgan fingerprint density at radius 3 is 2.73 bits per heavy atom. The summed E-state index contributed by atoms with van der Waals surface area (Å²) in [6.07, 6.45) is 1.05. The molecule has 122 valence electrons. The Morgan fingerprint density at radius 1 is 1.41 bits per heavy atom. The highest BCUT2D eigenvalue weighted by Crippen LogP contribution is 2.21. The predicted molar refractivity (Wildman–Crippen MR) is 90.5 cm³/mol. The molecule has 0 saturated carbocycles. The van der Waals surface area contributed by atoms with Crippen molar-refractivity contribution in [2.75, 3.05) is 25.0 Å². The lowest BCUT2D eigenvalue weighted by molar-refractivity contribution is -0.117. The topological polar surface area (TPSA) is 75.4 Å². The van der Waals surface area contributed by atoms with Crippen molar-refractivity contribution in [3.8, 4) is 0 Å². The summed E-state index contributed by atoms with van der Waals surface area (Å²) in [4.78, 5) is 25.6. The lowest BCUT2D eigenvalue weighted by Gasteiger charge is -2.20.